The zero-order valence-electron chi connectivity index (χ0n) is 12.4. The van der Waals surface area contributed by atoms with Crippen molar-refractivity contribution in [1.29, 1.82) is 0 Å². The summed E-state index contributed by atoms with van der Waals surface area (Å²) in [6.45, 7) is 7.09. The second-order valence-corrected chi connectivity index (χ2v) is 6.57. The summed E-state index contributed by atoms with van der Waals surface area (Å²) >= 11 is 0. The molecule has 1 N–H and O–H groups in total. The SMILES string of the molecule is Cc1ccccc1C(O)COC1CCC(C)(C)CC1. The van der Waals surface area contributed by atoms with Crippen LogP contribution in [0.5, 0.6) is 0 Å². The molecule has 0 radical (unpaired) electrons. The summed E-state index contributed by atoms with van der Waals surface area (Å²) in [5.41, 5.74) is 2.58. The molecule has 0 aliphatic heterocycles. The lowest BCUT2D eigenvalue weighted by atomic mass is 9.76. The third-order valence-corrected chi connectivity index (χ3v) is 4.32. The van der Waals surface area contributed by atoms with Crippen molar-refractivity contribution in [3.63, 3.8) is 0 Å². The number of aliphatic hydroxyl groups excluding tert-OH is 1. The zero-order valence-corrected chi connectivity index (χ0v) is 12.4. The third-order valence-electron chi connectivity index (χ3n) is 4.32. The number of hydrogen-bond donors (Lipinski definition) is 1. The van der Waals surface area contributed by atoms with Crippen LogP contribution in [0.15, 0.2) is 24.3 Å². The molecule has 2 heteroatoms. The Morgan fingerprint density at radius 1 is 1.26 bits per heavy atom. The number of rotatable bonds is 4. The van der Waals surface area contributed by atoms with Gasteiger partial charge in [-0.2, -0.15) is 0 Å². The fraction of sp³-hybridized carbons (Fsp3) is 0.647. The van der Waals surface area contributed by atoms with Crippen molar-refractivity contribution < 1.29 is 9.84 Å². The molecule has 0 saturated heterocycles. The number of aryl methyl sites for hydroxylation is 1. The van der Waals surface area contributed by atoms with Crippen LogP contribution >= 0.6 is 0 Å². The quantitative estimate of drug-likeness (QED) is 0.888. The van der Waals surface area contributed by atoms with Crippen LogP contribution in [0.2, 0.25) is 0 Å². The van der Waals surface area contributed by atoms with E-state index >= 15 is 0 Å². The first-order valence-corrected chi connectivity index (χ1v) is 7.33. The molecular weight excluding hydrogens is 236 g/mol. The molecule has 1 aromatic carbocycles. The second kappa shape index (κ2) is 6.06. The van der Waals surface area contributed by atoms with Crippen LogP contribution in [-0.2, 0) is 4.74 Å². The van der Waals surface area contributed by atoms with Crippen molar-refractivity contribution in [2.45, 2.75) is 58.7 Å². The van der Waals surface area contributed by atoms with Gasteiger partial charge in [0.25, 0.3) is 0 Å². The Bertz CT molecular complexity index is 401. The molecule has 2 rings (SSSR count). The van der Waals surface area contributed by atoms with E-state index in [1.165, 1.54) is 12.8 Å². The Labute approximate surface area is 116 Å². The smallest absolute Gasteiger partial charge is 0.103 e. The molecule has 1 fully saturated rings. The Balaban J connectivity index is 1.82. The Hall–Kier alpha value is -0.860. The molecular formula is C17H26O2. The lowest BCUT2D eigenvalue weighted by molar-refractivity contribution is -0.0381. The highest BCUT2D eigenvalue weighted by Crippen LogP contribution is 2.36. The van der Waals surface area contributed by atoms with Gasteiger partial charge in [-0.25, -0.2) is 0 Å². The van der Waals surface area contributed by atoms with Gasteiger partial charge in [0.1, 0.15) is 6.10 Å². The van der Waals surface area contributed by atoms with Gasteiger partial charge >= 0.3 is 0 Å². The lowest BCUT2D eigenvalue weighted by Crippen LogP contribution is -2.27. The molecule has 0 heterocycles. The molecule has 0 aromatic heterocycles. The maximum atomic E-state index is 10.2. The van der Waals surface area contributed by atoms with Gasteiger partial charge in [-0.1, -0.05) is 38.1 Å². The Kier molecular flexibility index (Phi) is 4.64. The van der Waals surface area contributed by atoms with Crippen LogP contribution in [0.25, 0.3) is 0 Å². The first-order valence-electron chi connectivity index (χ1n) is 7.33. The molecule has 0 bridgehead atoms. The molecule has 1 atom stereocenters. The van der Waals surface area contributed by atoms with Gasteiger partial charge in [0.2, 0.25) is 0 Å². The van der Waals surface area contributed by atoms with Crippen molar-refractivity contribution in [2.75, 3.05) is 6.61 Å². The summed E-state index contributed by atoms with van der Waals surface area (Å²) in [6.07, 6.45) is 4.50. The van der Waals surface area contributed by atoms with Crippen LogP contribution in [0, 0.1) is 12.3 Å². The van der Waals surface area contributed by atoms with E-state index in [1.54, 1.807) is 0 Å². The predicted molar refractivity (Wildman–Crippen MR) is 78.1 cm³/mol. The van der Waals surface area contributed by atoms with E-state index in [1.807, 2.05) is 31.2 Å². The normalized spacial score (nSPS) is 21.3. The van der Waals surface area contributed by atoms with Crippen LogP contribution in [0.4, 0.5) is 0 Å². The van der Waals surface area contributed by atoms with E-state index in [2.05, 4.69) is 13.8 Å². The summed E-state index contributed by atoms with van der Waals surface area (Å²) in [5, 5.41) is 10.2. The third kappa shape index (κ3) is 4.05. The fourth-order valence-electron chi connectivity index (χ4n) is 2.82. The molecule has 106 valence electrons. The molecule has 1 unspecified atom stereocenters. The molecule has 19 heavy (non-hydrogen) atoms. The number of aliphatic hydroxyl groups is 1. The van der Waals surface area contributed by atoms with Crippen LogP contribution in [0.1, 0.15) is 56.8 Å². The molecule has 0 amide bonds. The topological polar surface area (TPSA) is 29.5 Å². The summed E-state index contributed by atoms with van der Waals surface area (Å²) in [4.78, 5) is 0. The molecule has 1 aromatic rings. The largest absolute Gasteiger partial charge is 0.386 e. The average Bonchev–Trinajstić information content (AvgIpc) is 2.38. The van der Waals surface area contributed by atoms with Crippen LogP contribution in [-0.4, -0.2) is 17.8 Å². The fourth-order valence-corrected chi connectivity index (χ4v) is 2.82. The van der Waals surface area contributed by atoms with Crippen LogP contribution < -0.4 is 0 Å². The molecule has 1 aliphatic carbocycles. The summed E-state index contributed by atoms with van der Waals surface area (Å²) in [7, 11) is 0. The van der Waals surface area contributed by atoms with E-state index in [-0.39, 0.29) is 0 Å². The van der Waals surface area contributed by atoms with E-state index in [4.69, 9.17) is 4.74 Å². The second-order valence-electron chi connectivity index (χ2n) is 6.57. The molecule has 1 aliphatic rings. The number of hydrogen-bond acceptors (Lipinski definition) is 2. The highest BCUT2D eigenvalue weighted by Gasteiger charge is 2.27. The van der Waals surface area contributed by atoms with Gasteiger partial charge in [0.15, 0.2) is 0 Å². The van der Waals surface area contributed by atoms with Crippen LogP contribution in [0.3, 0.4) is 0 Å². The van der Waals surface area contributed by atoms with E-state index in [0.717, 1.165) is 24.0 Å². The minimum Gasteiger partial charge on any atom is -0.386 e. The van der Waals surface area contributed by atoms with Gasteiger partial charge in [0, 0.05) is 0 Å². The van der Waals surface area contributed by atoms with E-state index in [9.17, 15) is 5.11 Å². The number of ether oxygens (including phenoxy) is 1. The first kappa shape index (κ1) is 14.5. The first-order chi connectivity index (χ1) is 8.98. The van der Waals surface area contributed by atoms with Gasteiger partial charge in [-0.15, -0.1) is 0 Å². The summed E-state index contributed by atoms with van der Waals surface area (Å²) in [5.74, 6) is 0. The van der Waals surface area contributed by atoms with Crippen molar-refractivity contribution in [3.05, 3.63) is 35.4 Å². The highest BCUT2D eigenvalue weighted by molar-refractivity contribution is 5.27. The van der Waals surface area contributed by atoms with Gasteiger partial charge in [0.05, 0.1) is 12.7 Å². The van der Waals surface area contributed by atoms with Gasteiger partial charge in [-0.3, -0.25) is 0 Å². The Morgan fingerprint density at radius 2 is 1.89 bits per heavy atom. The van der Waals surface area contributed by atoms with Crippen molar-refractivity contribution in [2.24, 2.45) is 5.41 Å². The van der Waals surface area contributed by atoms with E-state index < -0.39 is 6.10 Å². The lowest BCUT2D eigenvalue weighted by Gasteiger charge is -2.34. The summed E-state index contributed by atoms with van der Waals surface area (Å²) < 4.78 is 5.90. The maximum Gasteiger partial charge on any atom is 0.103 e. The minimum absolute atomic E-state index is 0.326. The average molecular weight is 262 g/mol. The predicted octanol–water partition coefficient (Wildman–Crippen LogP) is 4.01. The molecule has 0 spiro atoms. The van der Waals surface area contributed by atoms with Crippen molar-refractivity contribution in [1.82, 2.24) is 0 Å². The minimum atomic E-state index is -0.504. The highest BCUT2D eigenvalue weighted by atomic mass is 16.5. The Morgan fingerprint density at radius 3 is 2.53 bits per heavy atom. The van der Waals surface area contributed by atoms with Crippen molar-refractivity contribution in [3.8, 4) is 0 Å². The monoisotopic (exact) mass is 262 g/mol. The van der Waals surface area contributed by atoms with Crippen molar-refractivity contribution >= 4 is 0 Å². The van der Waals surface area contributed by atoms with Gasteiger partial charge in [-0.05, 0) is 49.1 Å². The maximum absolute atomic E-state index is 10.2. The molecule has 2 nitrogen and oxygen atoms in total. The van der Waals surface area contributed by atoms with E-state index in [0.29, 0.717) is 18.1 Å². The zero-order chi connectivity index (χ0) is 13.9. The number of benzene rings is 1. The molecule has 1 saturated carbocycles. The summed E-state index contributed by atoms with van der Waals surface area (Å²) in [6, 6.07) is 7.97. The standard InChI is InChI=1S/C17H26O2/c1-13-6-4-5-7-15(13)16(18)12-19-14-8-10-17(2,3)11-9-14/h4-7,14,16,18H,8-12H2,1-3H3. The van der Waals surface area contributed by atoms with Gasteiger partial charge < -0.3 is 9.84 Å².